The number of nitrogen functional groups attached to an aromatic ring is 1. The van der Waals surface area contributed by atoms with Crippen molar-refractivity contribution in [2.24, 2.45) is 5.92 Å². The van der Waals surface area contributed by atoms with Gasteiger partial charge >= 0.3 is 0 Å². The van der Waals surface area contributed by atoms with Crippen LogP contribution in [0.1, 0.15) is 19.4 Å². The highest BCUT2D eigenvalue weighted by Gasteiger charge is 2.09. The summed E-state index contributed by atoms with van der Waals surface area (Å²) in [6, 6.07) is 2.02. The Morgan fingerprint density at radius 1 is 1.57 bits per heavy atom. The summed E-state index contributed by atoms with van der Waals surface area (Å²) >= 11 is 1.54. The number of aromatic nitrogens is 2. The number of nitrogens with two attached hydrogens (primary N) is 1. The molecular formula is C9H12N4S. The van der Waals surface area contributed by atoms with Crippen molar-refractivity contribution in [1.29, 1.82) is 5.26 Å². The molecular weight excluding hydrogens is 196 g/mol. The highest BCUT2D eigenvalue weighted by molar-refractivity contribution is 7.99. The lowest BCUT2D eigenvalue weighted by molar-refractivity contribution is 0.749. The molecule has 0 radical (unpaired) electrons. The zero-order valence-electron chi connectivity index (χ0n) is 8.19. The van der Waals surface area contributed by atoms with E-state index in [0.717, 1.165) is 5.75 Å². The van der Waals surface area contributed by atoms with E-state index in [1.165, 1.54) is 6.33 Å². The third-order valence-electron chi connectivity index (χ3n) is 1.51. The van der Waals surface area contributed by atoms with Gasteiger partial charge in [-0.15, -0.1) is 11.8 Å². The molecule has 0 bridgehead atoms. The SMILES string of the molecule is CC(C)CSc1ncnc(N)c1C#N. The van der Waals surface area contributed by atoms with Crippen LogP contribution in [0.5, 0.6) is 0 Å². The minimum Gasteiger partial charge on any atom is -0.382 e. The Hall–Kier alpha value is -1.28. The lowest BCUT2D eigenvalue weighted by atomic mass is 10.3. The number of hydrogen-bond donors (Lipinski definition) is 1. The van der Waals surface area contributed by atoms with Gasteiger partial charge in [0.05, 0.1) is 0 Å². The number of nitrogens with zero attached hydrogens (tertiary/aromatic N) is 3. The molecule has 74 valence electrons. The van der Waals surface area contributed by atoms with Gasteiger partial charge in [0.1, 0.15) is 28.8 Å². The van der Waals surface area contributed by atoms with E-state index in [1.54, 1.807) is 11.8 Å². The standard InChI is InChI=1S/C9H12N4S/c1-6(2)4-14-9-7(3-10)8(11)12-5-13-9/h5-6H,4H2,1-2H3,(H2,11,12,13). The molecule has 4 nitrogen and oxygen atoms in total. The molecule has 14 heavy (non-hydrogen) atoms. The largest absolute Gasteiger partial charge is 0.382 e. The van der Waals surface area contributed by atoms with E-state index in [4.69, 9.17) is 11.0 Å². The summed E-state index contributed by atoms with van der Waals surface area (Å²) in [5, 5.41) is 9.52. The summed E-state index contributed by atoms with van der Waals surface area (Å²) in [7, 11) is 0. The molecule has 0 fully saturated rings. The van der Waals surface area contributed by atoms with Gasteiger partial charge in [-0.3, -0.25) is 0 Å². The molecule has 5 heteroatoms. The number of thioether (sulfide) groups is 1. The van der Waals surface area contributed by atoms with Crippen LogP contribution in [0.2, 0.25) is 0 Å². The first kappa shape index (κ1) is 10.8. The molecule has 0 aliphatic heterocycles. The van der Waals surface area contributed by atoms with Crippen LogP contribution in [0.15, 0.2) is 11.4 Å². The van der Waals surface area contributed by atoms with Crippen molar-refractivity contribution in [3.8, 4) is 6.07 Å². The average molecular weight is 208 g/mol. The smallest absolute Gasteiger partial charge is 0.145 e. The second-order valence-corrected chi connectivity index (χ2v) is 4.26. The van der Waals surface area contributed by atoms with Crippen molar-refractivity contribution in [3.63, 3.8) is 0 Å². The number of anilines is 1. The monoisotopic (exact) mass is 208 g/mol. The summed E-state index contributed by atoms with van der Waals surface area (Å²) < 4.78 is 0. The molecule has 1 aromatic rings. The van der Waals surface area contributed by atoms with E-state index >= 15 is 0 Å². The topological polar surface area (TPSA) is 75.6 Å². The van der Waals surface area contributed by atoms with Crippen LogP contribution in [-0.2, 0) is 0 Å². The fourth-order valence-electron chi connectivity index (χ4n) is 0.842. The molecule has 0 aliphatic rings. The van der Waals surface area contributed by atoms with E-state index in [9.17, 15) is 0 Å². The maximum Gasteiger partial charge on any atom is 0.145 e. The van der Waals surface area contributed by atoms with Crippen molar-refractivity contribution < 1.29 is 0 Å². The Kier molecular flexibility index (Phi) is 3.72. The van der Waals surface area contributed by atoms with Gasteiger partial charge in [0.2, 0.25) is 0 Å². The Labute approximate surface area is 87.6 Å². The molecule has 0 aliphatic carbocycles. The van der Waals surface area contributed by atoms with Gasteiger partial charge in [0, 0.05) is 5.75 Å². The van der Waals surface area contributed by atoms with Gasteiger partial charge in [-0.25, -0.2) is 9.97 Å². The van der Waals surface area contributed by atoms with Gasteiger partial charge < -0.3 is 5.73 Å². The maximum atomic E-state index is 8.84. The van der Waals surface area contributed by atoms with Gasteiger partial charge in [0.15, 0.2) is 0 Å². The van der Waals surface area contributed by atoms with Crippen LogP contribution in [0.4, 0.5) is 5.82 Å². The molecule has 1 rings (SSSR count). The van der Waals surface area contributed by atoms with Gasteiger partial charge in [0.25, 0.3) is 0 Å². The van der Waals surface area contributed by atoms with Crippen molar-refractivity contribution in [1.82, 2.24) is 9.97 Å². The summed E-state index contributed by atoms with van der Waals surface area (Å²) in [5.74, 6) is 1.74. The van der Waals surface area contributed by atoms with Crippen LogP contribution < -0.4 is 5.73 Å². The van der Waals surface area contributed by atoms with Crippen LogP contribution in [0.25, 0.3) is 0 Å². The summed E-state index contributed by atoms with van der Waals surface area (Å²) in [5.41, 5.74) is 5.94. The average Bonchev–Trinajstić information content (AvgIpc) is 2.14. The zero-order valence-corrected chi connectivity index (χ0v) is 9.01. The number of nitriles is 1. The predicted molar refractivity (Wildman–Crippen MR) is 56.7 cm³/mol. The third kappa shape index (κ3) is 2.60. The van der Waals surface area contributed by atoms with Crippen molar-refractivity contribution in [3.05, 3.63) is 11.9 Å². The molecule has 1 heterocycles. The Morgan fingerprint density at radius 2 is 2.29 bits per heavy atom. The van der Waals surface area contributed by atoms with E-state index in [-0.39, 0.29) is 5.82 Å². The molecule has 0 spiro atoms. The minimum atomic E-state index is 0.258. The molecule has 0 unspecified atom stereocenters. The van der Waals surface area contributed by atoms with Crippen LogP contribution >= 0.6 is 11.8 Å². The second kappa shape index (κ2) is 4.82. The molecule has 0 amide bonds. The minimum absolute atomic E-state index is 0.258. The maximum absolute atomic E-state index is 8.84. The Bertz CT molecular complexity index is 356. The summed E-state index contributed by atoms with van der Waals surface area (Å²) in [6.45, 7) is 4.23. The molecule has 0 atom stereocenters. The van der Waals surface area contributed by atoms with E-state index in [1.807, 2.05) is 6.07 Å². The molecule has 0 saturated heterocycles. The van der Waals surface area contributed by atoms with Crippen LogP contribution in [0.3, 0.4) is 0 Å². The highest BCUT2D eigenvalue weighted by Crippen LogP contribution is 2.23. The van der Waals surface area contributed by atoms with E-state index in [0.29, 0.717) is 16.5 Å². The first-order valence-corrected chi connectivity index (χ1v) is 5.27. The molecule has 2 N–H and O–H groups in total. The predicted octanol–water partition coefficient (Wildman–Crippen LogP) is 1.68. The summed E-state index contributed by atoms with van der Waals surface area (Å²) in [4.78, 5) is 7.80. The van der Waals surface area contributed by atoms with Crippen LogP contribution in [0, 0.1) is 17.2 Å². The molecule has 1 aromatic heterocycles. The van der Waals surface area contributed by atoms with E-state index in [2.05, 4.69) is 23.8 Å². The van der Waals surface area contributed by atoms with Crippen molar-refractivity contribution in [2.75, 3.05) is 11.5 Å². The normalized spacial score (nSPS) is 10.1. The molecule has 0 aromatic carbocycles. The van der Waals surface area contributed by atoms with E-state index < -0.39 is 0 Å². The lowest BCUT2D eigenvalue weighted by Gasteiger charge is -2.05. The number of hydrogen-bond acceptors (Lipinski definition) is 5. The van der Waals surface area contributed by atoms with Gasteiger partial charge in [-0.05, 0) is 5.92 Å². The van der Waals surface area contributed by atoms with Crippen LogP contribution in [-0.4, -0.2) is 15.7 Å². The second-order valence-electron chi connectivity index (χ2n) is 3.26. The van der Waals surface area contributed by atoms with Crippen molar-refractivity contribution in [2.45, 2.75) is 18.9 Å². The fourth-order valence-corrected chi connectivity index (χ4v) is 1.75. The first-order valence-electron chi connectivity index (χ1n) is 4.28. The quantitative estimate of drug-likeness (QED) is 0.604. The van der Waals surface area contributed by atoms with Gasteiger partial charge in [-0.1, -0.05) is 13.8 Å². The third-order valence-corrected chi connectivity index (χ3v) is 2.92. The Balaban J connectivity index is 2.87. The highest BCUT2D eigenvalue weighted by atomic mass is 32.2. The lowest BCUT2D eigenvalue weighted by Crippen LogP contribution is -2.00. The fraction of sp³-hybridized carbons (Fsp3) is 0.444. The van der Waals surface area contributed by atoms with Crippen molar-refractivity contribution >= 4 is 17.6 Å². The van der Waals surface area contributed by atoms with Gasteiger partial charge in [-0.2, -0.15) is 5.26 Å². The Morgan fingerprint density at radius 3 is 2.86 bits per heavy atom. The number of rotatable bonds is 3. The molecule has 0 saturated carbocycles. The zero-order chi connectivity index (χ0) is 10.6. The first-order chi connectivity index (χ1) is 6.65. The summed E-state index contributed by atoms with van der Waals surface area (Å²) in [6.07, 6.45) is 1.39.